The minimum Gasteiger partial charge on any atom is -0.344 e. The predicted molar refractivity (Wildman–Crippen MR) is 96.5 cm³/mol. The van der Waals surface area contributed by atoms with Gasteiger partial charge in [0.05, 0.1) is 17.3 Å². The van der Waals surface area contributed by atoms with Crippen molar-refractivity contribution in [2.75, 3.05) is 0 Å². The summed E-state index contributed by atoms with van der Waals surface area (Å²) in [6.45, 7) is 3.76. The molecule has 0 bridgehead atoms. The van der Waals surface area contributed by atoms with Crippen molar-refractivity contribution < 1.29 is 18.0 Å². The third-order valence-electron chi connectivity index (χ3n) is 4.37. The van der Waals surface area contributed by atoms with Gasteiger partial charge in [0.15, 0.2) is 0 Å². The molecular weight excluding hydrogens is 355 g/mol. The lowest BCUT2D eigenvalue weighted by Gasteiger charge is -2.15. The number of pyridine rings is 1. The summed E-state index contributed by atoms with van der Waals surface area (Å²) in [5.74, 6) is -0.443. The quantitative estimate of drug-likeness (QED) is 0.697. The first-order valence-electron chi connectivity index (χ1n) is 8.75. The number of carbonyl (C=O) groups excluding carboxylic acids is 1. The van der Waals surface area contributed by atoms with Crippen molar-refractivity contribution in [3.8, 4) is 0 Å². The Labute approximate surface area is 155 Å². The number of nitrogens with one attached hydrogen (secondary N) is 1. The summed E-state index contributed by atoms with van der Waals surface area (Å²) in [7, 11) is 0. The van der Waals surface area contributed by atoms with E-state index in [0.717, 1.165) is 24.2 Å². The Morgan fingerprint density at radius 1 is 1.19 bits per heavy atom. The van der Waals surface area contributed by atoms with E-state index in [2.05, 4.69) is 10.3 Å². The fourth-order valence-corrected chi connectivity index (χ4v) is 3.00. The van der Waals surface area contributed by atoms with Crippen LogP contribution in [0, 0.1) is 0 Å². The summed E-state index contributed by atoms with van der Waals surface area (Å²) in [6, 6.07) is 11.4. The largest absolute Gasteiger partial charge is 0.417 e. The van der Waals surface area contributed by atoms with Gasteiger partial charge >= 0.3 is 6.18 Å². The molecule has 4 nitrogen and oxygen atoms in total. The monoisotopic (exact) mass is 375 g/mol. The molecule has 1 N–H and O–H groups in total. The second-order valence-corrected chi connectivity index (χ2v) is 6.41. The van der Waals surface area contributed by atoms with Crippen molar-refractivity contribution in [1.82, 2.24) is 14.7 Å². The number of carbonyl (C=O) groups is 1. The average Bonchev–Trinajstić information content (AvgIpc) is 2.99. The van der Waals surface area contributed by atoms with Gasteiger partial charge in [0.1, 0.15) is 11.3 Å². The van der Waals surface area contributed by atoms with Crippen LogP contribution in [-0.4, -0.2) is 15.3 Å². The second kappa shape index (κ2) is 7.42. The van der Waals surface area contributed by atoms with E-state index in [1.54, 1.807) is 0 Å². The summed E-state index contributed by atoms with van der Waals surface area (Å²) in [4.78, 5) is 17.3. The molecular formula is C20H20F3N3O. The van der Waals surface area contributed by atoms with E-state index >= 15 is 0 Å². The molecule has 2 heterocycles. The molecule has 0 aliphatic carbocycles. The molecule has 1 aromatic carbocycles. The molecule has 1 atom stereocenters. The zero-order valence-corrected chi connectivity index (χ0v) is 15.0. The summed E-state index contributed by atoms with van der Waals surface area (Å²) < 4.78 is 40.5. The summed E-state index contributed by atoms with van der Waals surface area (Å²) in [6.07, 6.45) is -2.33. The van der Waals surface area contributed by atoms with Gasteiger partial charge in [-0.1, -0.05) is 43.7 Å². The topological polar surface area (TPSA) is 46.4 Å². The van der Waals surface area contributed by atoms with Crippen LogP contribution in [0.4, 0.5) is 13.2 Å². The van der Waals surface area contributed by atoms with E-state index in [4.69, 9.17) is 0 Å². The zero-order valence-electron chi connectivity index (χ0n) is 15.0. The maximum atomic E-state index is 13.1. The van der Waals surface area contributed by atoms with Gasteiger partial charge in [-0.05, 0) is 31.0 Å². The highest BCUT2D eigenvalue weighted by atomic mass is 19.4. The second-order valence-electron chi connectivity index (χ2n) is 6.41. The van der Waals surface area contributed by atoms with Gasteiger partial charge in [0.25, 0.3) is 5.91 Å². The number of aromatic nitrogens is 2. The van der Waals surface area contributed by atoms with E-state index in [1.165, 1.54) is 10.5 Å². The van der Waals surface area contributed by atoms with Gasteiger partial charge in [-0.3, -0.25) is 9.20 Å². The maximum Gasteiger partial charge on any atom is 0.417 e. The molecule has 0 aliphatic heterocycles. The van der Waals surface area contributed by atoms with Crippen molar-refractivity contribution in [1.29, 1.82) is 0 Å². The molecule has 1 unspecified atom stereocenters. The van der Waals surface area contributed by atoms with Crippen LogP contribution in [0.3, 0.4) is 0 Å². The standard InChI is InChI=1S/C20H20F3N3O/c1-3-7-16-18(19(27)24-13(2)14-8-5-4-6-9-14)26-12-15(20(21,22)23)10-11-17(26)25-16/h4-6,8-13H,3,7H2,1-2H3,(H,24,27). The van der Waals surface area contributed by atoms with Gasteiger partial charge < -0.3 is 5.32 Å². The minimum absolute atomic E-state index is 0.153. The van der Waals surface area contributed by atoms with Crippen molar-refractivity contribution in [3.05, 3.63) is 71.2 Å². The van der Waals surface area contributed by atoms with Crippen LogP contribution in [0.2, 0.25) is 0 Å². The predicted octanol–water partition coefficient (Wildman–Crippen LogP) is 4.80. The number of alkyl halides is 3. The van der Waals surface area contributed by atoms with E-state index in [0.29, 0.717) is 17.8 Å². The SMILES string of the molecule is CCCc1nc2ccc(C(F)(F)F)cn2c1C(=O)NC(C)c1ccccc1. The lowest BCUT2D eigenvalue weighted by molar-refractivity contribution is -0.137. The normalized spacial score (nSPS) is 12.9. The first kappa shape index (κ1) is 18.9. The maximum absolute atomic E-state index is 13.1. The van der Waals surface area contributed by atoms with Gasteiger partial charge in [-0.15, -0.1) is 0 Å². The Kier molecular flexibility index (Phi) is 5.21. The van der Waals surface area contributed by atoms with Crippen LogP contribution in [0.1, 0.15) is 53.6 Å². The molecule has 142 valence electrons. The highest BCUT2D eigenvalue weighted by molar-refractivity contribution is 5.95. The minimum atomic E-state index is -4.49. The Bertz CT molecular complexity index is 948. The number of hydrogen-bond acceptors (Lipinski definition) is 2. The number of imidazole rings is 1. The number of hydrogen-bond donors (Lipinski definition) is 1. The lowest BCUT2D eigenvalue weighted by atomic mass is 10.1. The molecule has 0 saturated carbocycles. The van der Waals surface area contributed by atoms with Crippen LogP contribution in [0.25, 0.3) is 5.65 Å². The van der Waals surface area contributed by atoms with Crippen LogP contribution in [0.15, 0.2) is 48.7 Å². The van der Waals surface area contributed by atoms with Crippen LogP contribution < -0.4 is 5.32 Å². The van der Waals surface area contributed by atoms with E-state index in [-0.39, 0.29) is 11.7 Å². The molecule has 1 amide bonds. The fraction of sp³-hybridized carbons (Fsp3) is 0.300. The lowest BCUT2D eigenvalue weighted by Crippen LogP contribution is -2.28. The van der Waals surface area contributed by atoms with Crippen LogP contribution in [0.5, 0.6) is 0 Å². The molecule has 2 aromatic heterocycles. The molecule has 7 heteroatoms. The smallest absolute Gasteiger partial charge is 0.344 e. The first-order chi connectivity index (χ1) is 12.8. The fourth-order valence-electron chi connectivity index (χ4n) is 3.00. The van der Waals surface area contributed by atoms with E-state index < -0.39 is 17.6 Å². The molecule has 0 spiro atoms. The number of amides is 1. The number of halogens is 3. The summed E-state index contributed by atoms with van der Waals surface area (Å²) in [5.41, 5.74) is 1.06. The van der Waals surface area contributed by atoms with E-state index in [1.807, 2.05) is 44.2 Å². The summed E-state index contributed by atoms with van der Waals surface area (Å²) in [5, 5.41) is 2.87. The zero-order chi connectivity index (χ0) is 19.6. The molecule has 27 heavy (non-hydrogen) atoms. The van der Waals surface area contributed by atoms with Gasteiger partial charge in [0, 0.05) is 6.20 Å². The third-order valence-corrected chi connectivity index (χ3v) is 4.37. The highest BCUT2D eigenvalue weighted by Crippen LogP contribution is 2.30. The Hall–Kier alpha value is -2.83. The molecule has 0 radical (unpaired) electrons. The summed E-state index contributed by atoms with van der Waals surface area (Å²) >= 11 is 0. The number of rotatable bonds is 5. The number of fused-ring (bicyclic) bond motifs is 1. The molecule has 3 aromatic rings. The van der Waals surface area contributed by atoms with Gasteiger partial charge in [-0.25, -0.2) is 4.98 Å². The number of nitrogens with zero attached hydrogens (tertiary/aromatic N) is 2. The average molecular weight is 375 g/mol. The molecule has 0 aliphatic rings. The van der Waals surface area contributed by atoms with E-state index in [9.17, 15) is 18.0 Å². The number of aryl methyl sites for hydroxylation is 1. The highest BCUT2D eigenvalue weighted by Gasteiger charge is 2.32. The van der Waals surface area contributed by atoms with Crippen molar-refractivity contribution >= 4 is 11.6 Å². The van der Waals surface area contributed by atoms with Crippen LogP contribution in [-0.2, 0) is 12.6 Å². The number of benzene rings is 1. The Morgan fingerprint density at radius 3 is 2.52 bits per heavy atom. The Balaban J connectivity index is 2.02. The molecule has 3 rings (SSSR count). The molecule has 0 fully saturated rings. The Morgan fingerprint density at radius 2 is 1.89 bits per heavy atom. The van der Waals surface area contributed by atoms with Gasteiger partial charge in [-0.2, -0.15) is 13.2 Å². The van der Waals surface area contributed by atoms with Crippen molar-refractivity contribution in [2.45, 2.75) is 38.9 Å². The first-order valence-corrected chi connectivity index (χ1v) is 8.75. The third kappa shape index (κ3) is 3.97. The van der Waals surface area contributed by atoms with Crippen molar-refractivity contribution in [3.63, 3.8) is 0 Å². The molecule has 0 saturated heterocycles. The van der Waals surface area contributed by atoms with Crippen molar-refractivity contribution in [2.24, 2.45) is 0 Å². The van der Waals surface area contributed by atoms with Crippen LogP contribution >= 0.6 is 0 Å². The van der Waals surface area contributed by atoms with Gasteiger partial charge in [0.2, 0.25) is 0 Å².